The number of nitrogens with one attached hydrogen (secondary N) is 3. The lowest BCUT2D eigenvalue weighted by molar-refractivity contribution is -0.117. The monoisotopic (exact) mass is 413 g/mol. The van der Waals surface area contributed by atoms with Crippen molar-refractivity contribution in [3.8, 4) is 11.1 Å². The summed E-state index contributed by atoms with van der Waals surface area (Å²) >= 11 is 0. The summed E-state index contributed by atoms with van der Waals surface area (Å²) in [5.41, 5.74) is 3.06. The number of aromatic nitrogens is 2. The molecule has 0 saturated heterocycles. The van der Waals surface area contributed by atoms with Crippen molar-refractivity contribution in [3.63, 3.8) is 0 Å². The second-order valence-corrected chi connectivity index (χ2v) is 8.98. The van der Waals surface area contributed by atoms with E-state index < -0.39 is 10.2 Å². The summed E-state index contributed by atoms with van der Waals surface area (Å²) in [4.78, 5) is 12.0. The number of hydrogen-bond donors (Lipinski definition) is 3. The number of H-pyrrole nitrogens is 1. The highest BCUT2D eigenvalue weighted by Gasteiger charge is 2.30. The molecule has 3 aromatic rings. The third kappa shape index (κ3) is 4.10. The van der Waals surface area contributed by atoms with Gasteiger partial charge in [-0.25, -0.2) is 0 Å². The van der Waals surface area contributed by atoms with Gasteiger partial charge >= 0.3 is 10.2 Å². The van der Waals surface area contributed by atoms with Crippen LogP contribution in [0.25, 0.3) is 22.0 Å². The molecule has 4 rings (SSSR count). The topological polar surface area (TPSA) is 107 Å². The van der Waals surface area contributed by atoms with Crippen LogP contribution in [0.3, 0.4) is 0 Å². The quantitative estimate of drug-likeness (QED) is 0.553. The summed E-state index contributed by atoms with van der Waals surface area (Å²) in [5.74, 6) is 0.659. The number of rotatable bonds is 7. The van der Waals surface area contributed by atoms with E-state index in [1.54, 1.807) is 25.1 Å². The van der Waals surface area contributed by atoms with Crippen LogP contribution >= 0.6 is 0 Å². The van der Waals surface area contributed by atoms with Crippen LogP contribution in [-0.4, -0.2) is 42.4 Å². The summed E-state index contributed by atoms with van der Waals surface area (Å²) in [5, 5.41) is 10.9. The van der Waals surface area contributed by atoms with E-state index >= 15 is 0 Å². The predicted octanol–water partition coefficient (Wildman–Crippen LogP) is 3.19. The van der Waals surface area contributed by atoms with E-state index in [1.165, 1.54) is 11.4 Å². The molecule has 1 amide bonds. The van der Waals surface area contributed by atoms with E-state index in [0.717, 1.165) is 34.9 Å². The smallest absolute Gasteiger partial charge is 0.301 e. The van der Waals surface area contributed by atoms with Crippen molar-refractivity contribution in [1.29, 1.82) is 0 Å². The molecule has 0 aliphatic heterocycles. The van der Waals surface area contributed by atoms with Gasteiger partial charge < -0.3 is 5.32 Å². The first-order valence-electron chi connectivity index (χ1n) is 9.51. The highest BCUT2D eigenvalue weighted by molar-refractivity contribution is 7.90. The van der Waals surface area contributed by atoms with Gasteiger partial charge in [0, 0.05) is 24.9 Å². The molecule has 0 spiro atoms. The molecule has 8 nitrogen and oxygen atoms in total. The van der Waals surface area contributed by atoms with E-state index in [4.69, 9.17) is 0 Å². The normalized spacial score (nSPS) is 14.3. The maximum Gasteiger partial charge on any atom is 0.301 e. The number of carbonyl (C=O) groups excluding carboxylic acids is 1. The Labute approximate surface area is 169 Å². The predicted molar refractivity (Wildman–Crippen MR) is 114 cm³/mol. The van der Waals surface area contributed by atoms with Crippen LogP contribution in [0.15, 0.2) is 42.5 Å². The molecule has 1 heterocycles. The van der Waals surface area contributed by atoms with Crippen LogP contribution in [0.1, 0.15) is 19.8 Å². The van der Waals surface area contributed by atoms with Gasteiger partial charge in [-0.2, -0.15) is 17.8 Å². The first-order valence-corrected chi connectivity index (χ1v) is 10.9. The van der Waals surface area contributed by atoms with Crippen LogP contribution in [-0.2, 0) is 15.0 Å². The van der Waals surface area contributed by atoms with Crippen LogP contribution < -0.4 is 10.0 Å². The largest absolute Gasteiger partial charge is 0.308 e. The fourth-order valence-corrected chi connectivity index (χ4v) is 3.94. The zero-order valence-corrected chi connectivity index (χ0v) is 17.1. The van der Waals surface area contributed by atoms with Crippen molar-refractivity contribution in [2.45, 2.75) is 19.8 Å². The number of anilines is 2. The van der Waals surface area contributed by atoms with E-state index in [2.05, 4.69) is 20.2 Å². The van der Waals surface area contributed by atoms with E-state index in [1.807, 2.05) is 24.3 Å². The number of carbonyl (C=O) groups is 1. The first-order chi connectivity index (χ1) is 13.9. The molecule has 1 saturated carbocycles. The lowest BCUT2D eigenvalue weighted by Crippen LogP contribution is -2.32. The zero-order chi connectivity index (χ0) is 20.6. The van der Waals surface area contributed by atoms with Crippen molar-refractivity contribution in [1.82, 2.24) is 14.5 Å². The van der Waals surface area contributed by atoms with Gasteiger partial charge in [0.2, 0.25) is 5.91 Å². The van der Waals surface area contributed by atoms with Crippen LogP contribution in [0.4, 0.5) is 11.5 Å². The maximum atomic E-state index is 12.3. The average Bonchev–Trinajstić information content (AvgIpc) is 3.49. The minimum Gasteiger partial charge on any atom is -0.308 e. The average molecular weight is 414 g/mol. The molecule has 1 aliphatic carbocycles. The molecule has 1 fully saturated rings. The summed E-state index contributed by atoms with van der Waals surface area (Å²) in [6.45, 7) is 2.15. The Morgan fingerprint density at radius 3 is 2.69 bits per heavy atom. The SMILES string of the molecule is CCN(C)S(=O)(=O)Nc1cccc(-c2ccc3c(NC(=O)C4CC4)n[nH]c3c2)c1. The molecule has 0 unspecified atom stereocenters. The Hall–Kier alpha value is -2.91. The Morgan fingerprint density at radius 1 is 1.21 bits per heavy atom. The Morgan fingerprint density at radius 2 is 1.97 bits per heavy atom. The fraction of sp³-hybridized carbons (Fsp3) is 0.300. The van der Waals surface area contributed by atoms with Gasteiger partial charge in [-0.1, -0.05) is 25.1 Å². The number of aromatic amines is 1. The summed E-state index contributed by atoms with van der Waals surface area (Å²) in [6.07, 6.45) is 1.87. The molecule has 1 aromatic heterocycles. The number of hydrogen-bond acceptors (Lipinski definition) is 4. The molecule has 3 N–H and O–H groups in total. The van der Waals surface area contributed by atoms with Gasteiger partial charge in [-0.15, -0.1) is 0 Å². The van der Waals surface area contributed by atoms with Crippen LogP contribution in [0, 0.1) is 5.92 Å². The lowest BCUT2D eigenvalue weighted by Gasteiger charge is -2.16. The first kappa shape index (κ1) is 19.4. The molecule has 1 aliphatic rings. The van der Waals surface area contributed by atoms with Crippen molar-refractivity contribution in [3.05, 3.63) is 42.5 Å². The standard InChI is InChI=1S/C20H23N5O3S/c1-3-25(2)29(27,28)24-16-6-4-5-14(11-16)15-9-10-17-18(12-15)22-23-19(17)21-20(26)13-7-8-13/h4-6,9-13,24H,3,7-8H2,1-2H3,(H2,21,22,23,26). The van der Waals surface area contributed by atoms with Crippen molar-refractivity contribution < 1.29 is 13.2 Å². The maximum absolute atomic E-state index is 12.3. The molecule has 2 aromatic carbocycles. The highest BCUT2D eigenvalue weighted by Crippen LogP contribution is 2.32. The number of benzene rings is 2. The number of nitrogens with zero attached hydrogens (tertiary/aromatic N) is 2. The van der Waals surface area contributed by atoms with Gasteiger partial charge in [0.25, 0.3) is 0 Å². The Kier molecular flexibility index (Phi) is 5.01. The fourth-order valence-electron chi connectivity index (χ4n) is 3.02. The second kappa shape index (κ2) is 7.49. The highest BCUT2D eigenvalue weighted by atomic mass is 32.2. The summed E-state index contributed by atoms with van der Waals surface area (Å²) in [7, 11) is -2.05. The molecule has 9 heteroatoms. The van der Waals surface area contributed by atoms with E-state index in [-0.39, 0.29) is 11.8 Å². The third-order valence-electron chi connectivity index (χ3n) is 5.05. The van der Waals surface area contributed by atoms with Gasteiger partial charge in [-0.05, 0) is 48.2 Å². The minimum atomic E-state index is -3.58. The molecular formula is C20H23N5O3S. The minimum absolute atomic E-state index is 0.0134. The molecule has 0 atom stereocenters. The van der Waals surface area contributed by atoms with Gasteiger partial charge in [0.15, 0.2) is 5.82 Å². The Bertz CT molecular complexity index is 1170. The lowest BCUT2D eigenvalue weighted by atomic mass is 10.0. The molecule has 0 bridgehead atoms. The van der Waals surface area contributed by atoms with E-state index in [9.17, 15) is 13.2 Å². The zero-order valence-electron chi connectivity index (χ0n) is 16.3. The number of fused-ring (bicyclic) bond motifs is 1. The van der Waals surface area contributed by atoms with Crippen molar-refractivity contribution >= 4 is 38.5 Å². The molecule has 29 heavy (non-hydrogen) atoms. The summed E-state index contributed by atoms with van der Waals surface area (Å²) < 4.78 is 28.4. The van der Waals surface area contributed by atoms with Gasteiger partial charge in [-0.3, -0.25) is 14.6 Å². The van der Waals surface area contributed by atoms with Crippen molar-refractivity contribution in [2.24, 2.45) is 5.92 Å². The van der Waals surface area contributed by atoms with Crippen LogP contribution in [0.2, 0.25) is 0 Å². The second-order valence-electron chi connectivity index (χ2n) is 7.20. The van der Waals surface area contributed by atoms with Gasteiger partial charge in [0.1, 0.15) is 0 Å². The summed E-state index contributed by atoms with van der Waals surface area (Å²) in [6, 6.07) is 13.0. The number of amides is 1. The third-order valence-corrected chi connectivity index (χ3v) is 6.62. The molecular weight excluding hydrogens is 390 g/mol. The van der Waals surface area contributed by atoms with E-state index in [0.29, 0.717) is 18.1 Å². The van der Waals surface area contributed by atoms with Crippen LogP contribution in [0.5, 0.6) is 0 Å². The molecule has 0 radical (unpaired) electrons. The Balaban J connectivity index is 1.59. The van der Waals surface area contributed by atoms with Gasteiger partial charge in [0.05, 0.1) is 11.2 Å². The molecule has 152 valence electrons. The van der Waals surface area contributed by atoms with Crippen molar-refractivity contribution in [2.75, 3.05) is 23.6 Å².